The highest BCUT2D eigenvalue weighted by molar-refractivity contribution is 6.30. The minimum atomic E-state index is -0.250. The van der Waals surface area contributed by atoms with Crippen LogP contribution in [0.25, 0.3) is 0 Å². The third-order valence-corrected chi connectivity index (χ3v) is 4.06. The molecule has 0 saturated carbocycles. The van der Waals surface area contributed by atoms with Crippen LogP contribution in [0.1, 0.15) is 30.9 Å². The lowest BCUT2D eigenvalue weighted by molar-refractivity contribution is -0.123. The average molecular weight is 334 g/mol. The molecule has 2 aromatic rings. The molecule has 0 heterocycles. The SMILES string of the molecule is CC(C)[C@H](C(=O)NCCc1ccc(F)cc1)c1ccc(Cl)cc1. The van der Waals surface area contributed by atoms with Gasteiger partial charge >= 0.3 is 0 Å². The van der Waals surface area contributed by atoms with E-state index in [4.69, 9.17) is 11.6 Å². The number of hydrogen-bond donors (Lipinski definition) is 1. The maximum absolute atomic E-state index is 12.9. The first-order chi connectivity index (χ1) is 11.0. The summed E-state index contributed by atoms with van der Waals surface area (Å²) in [5.41, 5.74) is 1.96. The second kappa shape index (κ2) is 8.11. The summed E-state index contributed by atoms with van der Waals surface area (Å²) in [6.07, 6.45) is 0.678. The van der Waals surface area contributed by atoms with E-state index in [9.17, 15) is 9.18 Å². The molecule has 0 aromatic heterocycles. The molecule has 1 atom stereocenters. The van der Waals surface area contributed by atoms with Crippen molar-refractivity contribution in [3.8, 4) is 0 Å². The van der Waals surface area contributed by atoms with Gasteiger partial charge in [-0.3, -0.25) is 4.79 Å². The van der Waals surface area contributed by atoms with Crippen LogP contribution in [0.15, 0.2) is 48.5 Å². The fourth-order valence-corrected chi connectivity index (χ4v) is 2.73. The third-order valence-electron chi connectivity index (χ3n) is 3.80. The second-order valence-corrected chi connectivity index (χ2v) is 6.38. The number of rotatable bonds is 6. The van der Waals surface area contributed by atoms with Gasteiger partial charge in [0.05, 0.1) is 5.92 Å². The van der Waals surface area contributed by atoms with Gasteiger partial charge in [0.25, 0.3) is 0 Å². The number of halogens is 2. The highest BCUT2D eigenvalue weighted by Gasteiger charge is 2.23. The van der Waals surface area contributed by atoms with Crippen LogP contribution in [-0.4, -0.2) is 12.5 Å². The van der Waals surface area contributed by atoms with Crippen LogP contribution in [0.2, 0.25) is 5.02 Å². The molecule has 0 fully saturated rings. The molecule has 0 aliphatic carbocycles. The van der Waals surface area contributed by atoms with Crippen molar-refractivity contribution in [2.75, 3.05) is 6.54 Å². The van der Waals surface area contributed by atoms with Crippen molar-refractivity contribution in [2.24, 2.45) is 5.92 Å². The monoisotopic (exact) mass is 333 g/mol. The number of carbonyl (C=O) groups excluding carboxylic acids is 1. The lowest BCUT2D eigenvalue weighted by Gasteiger charge is -2.21. The van der Waals surface area contributed by atoms with Crippen molar-refractivity contribution < 1.29 is 9.18 Å². The fourth-order valence-electron chi connectivity index (χ4n) is 2.60. The van der Waals surface area contributed by atoms with Gasteiger partial charge in [-0.05, 0) is 47.7 Å². The number of hydrogen-bond acceptors (Lipinski definition) is 1. The topological polar surface area (TPSA) is 29.1 Å². The Balaban J connectivity index is 1.96. The summed E-state index contributed by atoms with van der Waals surface area (Å²) in [5, 5.41) is 3.63. The Bertz CT molecular complexity index is 637. The predicted octanol–water partition coefficient (Wildman–Crippen LogP) is 4.58. The normalized spacial score (nSPS) is 12.2. The Morgan fingerprint density at radius 1 is 1.09 bits per heavy atom. The van der Waals surface area contributed by atoms with Crippen molar-refractivity contribution in [2.45, 2.75) is 26.2 Å². The fraction of sp³-hybridized carbons (Fsp3) is 0.316. The Morgan fingerprint density at radius 2 is 1.70 bits per heavy atom. The molecular formula is C19H21ClFNO. The number of amides is 1. The van der Waals surface area contributed by atoms with E-state index in [1.54, 1.807) is 24.3 Å². The van der Waals surface area contributed by atoms with Gasteiger partial charge in [-0.1, -0.05) is 49.7 Å². The van der Waals surface area contributed by atoms with E-state index in [0.29, 0.717) is 18.0 Å². The first-order valence-corrected chi connectivity index (χ1v) is 8.13. The zero-order valence-electron chi connectivity index (χ0n) is 13.4. The van der Waals surface area contributed by atoms with E-state index < -0.39 is 0 Å². The molecule has 1 amide bonds. The molecular weight excluding hydrogens is 313 g/mol. The zero-order chi connectivity index (χ0) is 16.8. The van der Waals surface area contributed by atoms with E-state index >= 15 is 0 Å². The van der Waals surface area contributed by atoms with Crippen LogP contribution in [-0.2, 0) is 11.2 Å². The predicted molar refractivity (Wildman–Crippen MR) is 92.1 cm³/mol. The van der Waals surface area contributed by atoms with E-state index in [1.807, 2.05) is 26.0 Å². The molecule has 0 aliphatic rings. The van der Waals surface area contributed by atoms with Gasteiger partial charge in [0, 0.05) is 11.6 Å². The number of carbonyl (C=O) groups is 1. The lowest BCUT2D eigenvalue weighted by Crippen LogP contribution is -2.33. The Kier molecular flexibility index (Phi) is 6.17. The van der Waals surface area contributed by atoms with Gasteiger partial charge in [-0.15, -0.1) is 0 Å². The first kappa shape index (κ1) is 17.5. The second-order valence-electron chi connectivity index (χ2n) is 5.94. The molecule has 0 spiro atoms. The molecule has 0 radical (unpaired) electrons. The molecule has 0 unspecified atom stereocenters. The van der Waals surface area contributed by atoms with Gasteiger partial charge in [-0.2, -0.15) is 0 Å². The molecule has 1 N–H and O–H groups in total. The molecule has 122 valence electrons. The highest BCUT2D eigenvalue weighted by atomic mass is 35.5. The number of benzene rings is 2. The van der Waals surface area contributed by atoms with Crippen LogP contribution < -0.4 is 5.32 Å². The summed E-state index contributed by atoms with van der Waals surface area (Å²) >= 11 is 5.91. The van der Waals surface area contributed by atoms with Crippen LogP contribution >= 0.6 is 11.6 Å². The van der Waals surface area contributed by atoms with Crippen LogP contribution in [0.5, 0.6) is 0 Å². The molecule has 23 heavy (non-hydrogen) atoms. The van der Waals surface area contributed by atoms with E-state index in [2.05, 4.69) is 5.32 Å². The van der Waals surface area contributed by atoms with Gasteiger partial charge in [0.2, 0.25) is 5.91 Å². The maximum atomic E-state index is 12.9. The number of nitrogens with one attached hydrogen (secondary N) is 1. The van der Waals surface area contributed by atoms with Crippen molar-refractivity contribution in [3.63, 3.8) is 0 Å². The van der Waals surface area contributed by atoms with Gasteiger partial charge in [0.1, 0.15) is 5.82 Å². The summed E-state index contributed by atoms with van der Waals surface area (Å²) < 4.78 is 12.9. The molecule has 2 aromatic carbocycles. The molecule has 2 nitrogen and oxygen atoms in total. The van der Waals surface area contributed by atoms with Crippen LogP contribution in [0, 0.1) is 11.7 Å². The van der Waals surface area contributed by atoms with E-state index in [-0.39, 0.29) is 23.6 Å². The minimum Gasteiger partial charge on any atom is -0.355 e. The molecule has 4 heteroatoms. The van der Waals surface area contributed by atoms with E-state index in [1.165, 1.54) is 12.1 Å². The molecule has 0 bridgehead atoms. The maximum Gasteiger partial charge on any atom is 0.227 e. The lowest BCUT2D eigenvalue weighted by atomic mass is 9.87. The van der Waals surface area contributed by atoms with Crippen molar-refractivity contribution in [1.29, 1.82) is 0 Å². The summed E-state index contributed by atoms with van der Waals surface area (Å²) in [6.45, 7) is 4.58. The summed E-state index contributed by atoms with van der Waals surface area (Å²) in [4.78, 5) is 12.5. The Morgan fingerprint density at radius 3 is 2.26 bits per heavy atom. The van der Waals surface area contributed by atoms with Gasteiger partial charge in [-0.25, -0.2) is 4.39 Å². The third kappa shape index (κ3) is 5.07. The molecule has 2 rings (SSSR count). The zero-order valence-corrected chi connectivity index (χ0v) is 14.1. The summed E-state index contributed by atoms with van der Waals surface area (Å²) in [7, 11) is 0. The quantitative estimate of drug-likeness (QED) is 0.823. The molecule has 0 saturated heterocycles. The molecule has 0 aliphatic heterocycles. The Labute approximate surface area is 141 Å². The van der Waals surface area contributed by atoms with E-state index in [0.717, 1.165) is 11.1 Å². The van der Waals surface area contributed by atoms with Crippen molar-refractivity contribution in [1.82, 2.24) is 5.32 Å². The van der Waals surface area contributed by atoms with Gasteiger partial charge in [0.15, 0.2) is 0 Å². The minimum absolute atomic E-state index is 0.00411. The standard InChI is InChI=1S/C19H21ClFNO/c1-13(2)18(15-5-7-16(20)8-6-15)19(23)22-12-11-14-3-9-17(21)10-4-14/h3-10,13,18H,11-12H2,1-2H3,(H,22,23)/t18-/m0/s1. The van der Waals surface area contributed by atoms with Crippen molar-refractivity contribution >= 4 is 17.5 Å². The van der Waals surface area contributed by atoms with Gasteiger partial charge < -0.3 is 5.32 Å². The Hall–Kier alpha value is -1.87. The average Bonchev–Trinajstić information content (AvgIpc) is 2.51. The summed E-state index contributed by atoms with van der Waals surface area (Å²) in [5.74, 6) is -0.271. The smallest absolute Gasteiger partial charge is 0.227 e. The largest absolute Gasteiger partial charge is 0.355 e. The van der Waals surface area contributed by atoms with Crippen molar-refractivity contribution in [3.05, 3.63) is 70.5 Å². The van der Waals surface area contributed by atoms with Crippen LogP contribution in [0.3, 0.4) is 0 Å². The summed E-state index contributed by atoms with van der Waals surface area (Å²) in [6, 6.07) is 13.7. The van der Waals surface area contributed by atoms with Crippen LogP contribution in [0.4, 0.5) is 4.39 Å². The first-order valence-electron chi connectivity index (χ1n) is 7.75. The highest BCUT2D eigenvalue weighted by Crippen LogP contribution is 2.25.